The third kappa shape index (κ3) is 6.15. The Hall–Kier alpha value is -0.770. The van der Waals surface area contributed by atoms with Crippen LogP contribution in [0.3, 0.4) is 0 Å². The maximum atomic E-state index is 11.8. The number of nitrogens with one attached hydrogen (secondary N) is 2. The van der Waals surface area contributed by atoms with Gasteiger partial charge < -0.3 is 15.4 Å². The Morgan fingerprint density at radius 2 is 1.95 bits per heavy atom. The smallest absolute Gasteiger partial charge is 0.407 e. The lowest BCUT2D eigenvalue weighted by atomic mass is 9.84. The average molecular weight is 310 g/mol. The monoisotopic (exact) mass is 310 g/mol. The lowest BCUT2D eigenvalue weighted by molar-refractivity contribution is 0.0519. The molecule has 2 fully saturated rings. The summed E-state index contributed by atoms with van der Waals surface area (Å²) < 4.78 is 5.33. The van der Waals surface area contributed by atoms with Crippen molar-refractivity contribution in [3.8, 4) is 0 Å². The van der Waals surface area contributed by atoms with Gasteiger partial charge in [-0.15, -0.1) is 0 Å². The van der Waals surface area contributed by atoms with E-state index in [4.69, 9.17) is 4.74 Å². The van der Waals surface area contributed by atoms with Crippen LogP contribution in [0.5, 0.6) is 0 Å². The predicted molar refractivity (Wildman–Crippen MR) is 89.9 cm³/mol. The molecule has 128 valence electrons. The van der Waals surface area contributed by atoms with Crippen LogP contribution < -0.4 is 10.6 Å². The topological polar surface area (TPSA) is 50.4 Å². The van der Waals surface area contributed by atoms with E-state index in [0.717, 1.165) is 11.8 Å². The van der Waals surface area contributed by atoms with Gasteiger partial charge in [0.25, 0.3) is 0 Å². The molecular weight excluding hydrogens is 276 g/mol. The van der Waals surface area contributed by atoms with Crippen molar-refractivity contribution in [2.24, 2.45) is 11.8 Å². The molecule has 2 aliphatic carbocycles. The van der Waals surface area contributed by atoms with Crippen molar-refractivity contribution in [2.75, 3.05) is 6.54 Å². The van der Waals surface area contributed by atoms with Crippen molar-refractivity contribution in [1.82, 2.24) is 10.6 Å². The minimum absolute atomic E-state index is 0.296. The molecule has 22 heavy (non-hydrogen) atoms. The fourth-order valence-corrected chi connectivity index (χ4v) is 3.48. The van der Waals surface area contributed by atoms with Crippen LogP contribution in [0.25, 0.3) is 0 Å². The Balaban J connectivity index is 1.77. The second kappa shape index (κ2) is 7.67. The number of ether oxygens (including phenoxy) is 1. The van der Waals surface area contributed by atoms with E-state index >= 15 is 0 Å². The normalized spacial score (nSPS) is 27.3. The van der Waals surface area contributed by atoms with Gasteiger partial charge in [-0.25, -0.2) is 4.79 Å². The molecule has 2 N–H and O–H groups in total. The standard InChI is InChI=1S/C18H34N2O2/c1-5-13-7-6-8-15(11-13)20-16(14-9-10-14)12-19-17(21)22-18(2,3)4/h13-16,20H,5-12H2,1-4H3,(H,19,21). The number of rotatable bonds is 6. The first-order valence-corrected chi connectivity index (χ1v) is 9.10. The molecule has 0 aromatic carbocycles. The fourth-order valence-electron chi connectivity index (χ4n) is 3.48. The summed E-state index contributed by atoms with van der Waals surface area (Å²) in [6, 6.07) is 1.04. The number of hydrogen-bond donors (Lipinski definition) is 2. The molecule has 2 saturated carbocycles. The summed E-state index contributed by atoms with van der Waals surface area (Å²) >= 11 is 0. The van der Waals surface area contributed by atoms with Crippen molar-refractivity contribution in [1.29, 1.82) is 0 Å². The van der Waals surface area contributed by atoms with Crippen LogP contribution in [0.4, 0.5) is 4.79 Å². The van der Waals surface area contributed by atoms with Gasteiger partial charge in [-0.3, -0.25) is 0 Å². The van der Waals surface area contributed by atoms with Crippen molar-refractivity contribution >= 4 is 6.09 Å². The summed E-state index contributed by atoms with van der Waals surface area (Å²) in [7, 11) is 0. The van der Waals surface area contributed by atoms with Crippen LogP contribution in [0.2, 0.25) is 0 Å². The van der Waals surface area contributed by atoms with Gasteiger partial charge >= 0.3 is 6.09 Å². The van der Waals surface area contributed by atoms with Gasteiger partial charge in [0.2, 0.25) is 0 Å². The summed E-state index contributed by atoms with van der Waals surface area (Å²) in [6.45, 7) is 8.69. The van der Waals surface area contributed by atoms with Crippen LogP contribution in [-0.2, 0) is 4.74 Å². The van der Waals surface area contributed by atoms with Crippen LogP contribution in [0.1, 0.15) is 72.6 Å². The van der Waals surface area contributed by atoms with Gasteiger partial charge in [0.05, 0.1) is 0 Å². The van der Waals surface area contributed by atoms with E-state index in [1.807, 2.05) is 20.8 Å². The van der Waals surface area contributed by atoms with E-state index in [1.165, 1.54) is 44.9 Å². The molecule has 4 nitrogen and oxygen atoms in total. The number of alkyl carbamates (subject to hydrolysis) is 1. The molecule has 0 heterocycles. The van der Waals surface area contributed by atoms with Crippen molar-refractivity contribution in [2.45, 2.75) is 90.3 Å². The minimum atomic E-state index is -0.426. The molecular formula is C18H34N2O2. The third-order valence-electron chi connectivity index (χ3n) is 4.87. The SMILES string of the molecule is CCC1CCCC(NC(CNC(=O)OC(C)(C)C)C2CC2)C1. The molecule has 0 aromatic heterocycles. The minimum Gasteiger partial charge on any atom is -0.444 e. The Morgan fingerprint density at radius 3 is 2.55 bits per heavy atom. The van der Waals surface area contributed by atoms with Gasteiger partial charge in [-0.1, -0.05) is 26.2 Å². The highest BCUT2D eigenvalue weighted by Gasteiger charge is 2.34. The highest BCUT2D eigenvalue weighted by atomic mass is 16.6. The number of hydrogen-bond acceptors (Lipinski definition) is 3. The van der Waals surface area contributed by atoms with E-state index < -0.39 is 5.60 Å². The molecule has 0 bridgehead atoms. The Morgan fingerprint density at radius 1 is 1.23 bits per heavy atom. The van der Waals surface area contributed by atoms with Crippen LogP contribution in [-0.4, -0.2) is 30.3 Å². The number of carbonyl (C=O) groups is 1. The zero-order valence-electron chi connectivity index (χ0n) is 14.8. The van der Waals surface area contributed by atoms with Crippen LogP contribution in [0, 0.1) is 11.8 Å². The molecule has 1 amide bonds. The Labute approximate surface area is 135 Å². The first-order chi connectivity index (χ1) is 10.4. The highest BCUT2D eigenvalue weighted by molar-refractivity contribution is 5.67. The predicted octanol–water partition coefficient (Wildman–Crippen LogP) is 3.85. The van der Waals surface area contributed by atoms with Crippen LogP contribution >= 0.6 is 0 Å². The lowest BCUT2D eigenvalue weighted by Crippen LogP contribution is -2.48. The van der Waals surface area contributed by atoms with Crippen molar-refractivity contribution in [3.05, 3.63) is 0 Å². The quantitative estimate of drug-likeness (QED) is 0.783. The van der Waals surface area contributed by atoms with Crippen molar-refractivity contribution < 1.29 is 9.53 Å². The van der Waals surface area contributed by atoms with Gasteiger partial charge in [0.15, 0.2) is 0 Å². The molecule has 2 aliphatic rings. The molecule has 3 atom stereocenters. The highest BCUT2D eigenvalue weighted by Crippen LogP contribution is 2.34. The maximum Gasteiger partial charge on any atom is 0.407 e. The summed E-state index contributed by atoms with van der Waals surface area (Å²) in [4.78, 5) is 11.8. The average Bonchev–Trinajstić information content (AvgIpc) is 3.26. The molecule has 3 unspecified atom stereocenters. The van der Waals surface area contributed by atoms with E-state index in [9.17, 15) is 4.79 Å². The maximum absolute atomic E-state index is 11.8. The molecule has 0 aromatic rings. The van der Waals surface area contributed by atoms with E-state index in [-0.39, 0.29) is 6.09 Å². The zero-order valence-corrected chi connectivity index (χ0v) is 14.8. The largest absolute Gasteiger partial charge is 0.444 e. The zero-order chi connectivity index (χ0) is 16.2. The van der Waals surface area contributed by atoms with Gasteiger partial charge in [0.1, 0.15) is 5.60 Å². The Kier molecular flexibility index (Phi) is 6.13. The number of amides is 1. The Bertz CT molecular complexity index is 361. The van der Waals surface area contributed by atoms with Crippen LogP contribution in [0.15, 0.2) is 0 Å². The summed E-state index contributed by atoms with van der Waals surface area (Å²) in [5.41, 5.74) is -0.426. The van der Waals surface area contributed by atoms with Gasteiger partial charge in [0, 0.05) is 18.6 Å². The summed E-state index contributed by atoms with van der Waals surface area (Å²) in [5, 5.41) is 6.78. The molecule has 0 aliphatic heterocycles. The first-order valence-electron chi connectivity index (χ1n) is 9.10. The van der Waals surface area contributed by atoms with Gasteiger partial charge in [-0.05, 0) is 58.3 Å². The molecule has 0 saturated heterocycles. The second-order valence-corrected chi connectivity index (χ2v) is 8.13. The molecule has 0 radical (unpaired) electrons. The van der Waals surface area contributed by atoms with E-state index in [0.29, 0.717) is 18.6 Å². The second-order valence-electron chi connectivity index (χ2n) is 8.13. The molecule has 4 heteroatoms. The summed E-state index contributed by atoms with van der Waals surface area (Å²) in [6.07, 6.45) is 8.89. The molecule has 0 spiro atoms. The van der Waals surface area contributed by atoms with E-state index in [2.05, 4.69) is 17.6 Å². The van der Waals surface area contributed by atoms with E-state index in [1.54, 1.807) is 0 Å². The van der Waals surface area contributed by atoms with Gasteiger partial charge in [-0.2, -0.15) is 0 Å². The first kappa shape index (κ1) is 17.6. The number of carbonyl (C=O) groups excluding carboxylic acids is 1. The molecule has 2 rings (SSSR count). The summed E-state index contributed by atoms with van der Waals surface area (Å²) in [5.74, 6) is 1.61. The third-order valence-corrected chi connectivity index (χ3v) is 4.87. The fraction of sp³-hybridized carbons (Fsp3) is 0.944. The van der Waals surface area contributed by atoms with Crippen molar-refractivity contribution in [3.63, 3.8) is 0 Å². The lowest BCUT2D eigenvalue weighted by Gasteiger charge is -2.33.